The van der Waals surface area contributed by atoms with Crippen LogP contribution in [0.3, 0.4) is 0 Å². The van der Waals surface area contributed by atoms with E-state index in [0.29, 0.717) is 56.3 Å². The fourth-order valence-corrected chi connectivity index (χ4v) is 4.92. The van der Waals surface area contributed by atoms with Crippen molar-refractivity contribution in [1.29, 1.82) is 0 Å². The lowest BCUT2D eigenvalue weighted by Gasteiger charge is -2.34. The predicted molar refractivity (Wildman–Crippen MR) is 148 cm³/mol. The number of hydrogen-bond donors (Lipinski definition) is 0. The Morgan fingerprint density at radius 2 is 1.76 bits per heavy atom. The summed E-state index contributed by atoms with van der Waals surface area (Å²) in [6, 6.07) is 13.6. The SMILES string of the molecule is CCN1CCCCCCN(C(=O)CCCOc2ccccc2F)[C@@H](CC(C)C)COc2ccccc2C1=O. The van der Waals surface area contributed by atoms with E-state index in [9.17, 15) is 14.0 Å². The normalized spacial score (nSPS) is 17.5. The van der Waals surface area contributed by atoms with Gasteiger partial charge in [-0.2, -0.15) is 0 Å². The molecule has 1 heterocycles. The van der Waals surface area contributed by atoms with Gasteiger partial charge in [0.05, 0.1) is 18.2 Å². The van der Waals surface area contributed by atoms with Crippen LogP contribution in [0, 0.1) is 11.7 Å². The molecular formula is C31H43FN2O4. The summed E-state index contributed by atoms with van der Waals surface area (Å²) in [5, 5.41) is 0. The number of hydrogen-bond acceptors (Lipinski definition) is 4. The molecule has 0 unspecified atom stereocenters. The van der Waals surface area contributed by atoms with Crippen LogP contribution < -0.4 is 9.47 Å². The number of carbonyl (C=O) groups excluding carboxylic acids is 2. The fraction of sp³-hybridized carbons (Fsp3) is 0.548. The van der Waals surface area contributed by atoms with E-state index >= 15 is 0 Å². The number of fused-ring (bicyclic) bond motifs is 1. The number of carbonyl (C=O) groups is 2. The van der Waals surface area contributed by atoms with Crippen LogP contribution in [-0.4, -0.2) is 60.5 Å². The predicted octanol–water partition coefficient (Wildman–Crippen LogP) is 6.34. The van der Waals surface area contributed by atoms with Gasteiger partial charge in [-0.3, -0.25) is 9.59 Å². The Kier molecular flexibility index (Phi) is 11.9. The highest BCUT2D eigenvalue weighted by Gasteiger charge is 2.26. The Balaban J connectivity index is 1.73. The van der Waals surface area contributed by atoms with Crippen molar-refractivity contribution in [2.24, 2.45) is 5.92 Å². The first-order valence-corrected chi connectivity index (χ1v) is 14.1. The second-order valence-corrected chi connectivity index (χ2v) is 10.4. The first kappa shape index (κ1) is 29.5. The van der Waals surface area contributed by atoms with Crippen LogP contribution in [0.25, 0.3) is 0 Å². The highest BCUT2D eigenvalue weighted by Crippen LogP contribution is 2.24. The molecule has 0 aromatic heterocycles. The molecule has 0 radical (unpaired) electrons. The van der Waals surface area contributed by atoms with Crippen LogP contribution in [0.1, 0.15) is 76.1 Å². The largest absolute Gasteiger partial charge is 0.491 e. The molecule has 0 N–H and O–H groups in total. The molecule has 1 aliphatic heterocycles. The molecule has 2 aromatic carbocycles. The summed E-state index contributed by atoms with van der Waals surface area (Å²) < 4.78 is 25.7. The fourth-order valence-electron chi connectivity index (χ4n) is 4.92. The Morgan fingerprint density at radius 1 is 1.05 bits per heavy atom. The maximum absolute atomic E-state index is 13.8. The van der Waals surface area contributed by atoms with Gasteiger partial charge in [-0.1, -0.05) is 51.0 Å². The molecule has 0 saturated heterocycles. The number of para-hydroxylation sites is 2. The third-order valence-electron chi connectivity index (χ3n) is 6.93. The van der Waals surface area contributed by atoms with E-state index in [-0.39, 0.29) is 30.2 Å². The van der Waals surface area contributed by atoms with E-state index in [0.717, 1.165) is 32.1 Å². The van der Waals surface area contributed by atoms with Crippen molar-refractivity contribution < 1.29 is 23.5 Å². The van der Waals surface area contributed by atoms with E-state index < -0.39 is 5.82 Å². The molecule has 7 heteroatoms. The molecule has 1 atom stereocenters. The Hall–Kier alpha value is -3.09. The van der Waals surface area contributed by atoms with Crippen molar-refractivity contribution in [1.82, 2.24) is 9.80 Å². The van der Waals surface area contributed by atoms with Crippen molar-refractivity contribution in [3.05, 3.63) is 59.9 Å². The van der Waals surface area contributed by atoms with E-state index in [2.05, 4.69) is 13.8 Å². The zero-order valence-corrected chi connectivity index (χ0v) is 23.2. The molecule has 0 fully saturated rings. The zero-order chi connectivity index (χ0) is 27.3. The molecule has 0 bridgehead atoms. The van der Waals surface area contributed by atoms with Crippen molar-refractivity contribution in [2.75, 3.05) is 32.8 Å². The number of halogens is 1. The number of nitrogens with zero attached hydrogens (tertiary/aromatic N) is 2. The molecule has 0 aliphatic carbocycles. The van der Waals surface area contributed by atoms with Crippen LogP contribution in [0.4, 0.5) is 4.39 Å². The smallest absolute Gasteiger partial charge is 0.257 e. The number of amides is 2. The number of rotatable bonds is 8. The first-order chi connectivity index (χ1) is 18.4. The summed E-state index contributed by atoms with van der Waals surface area (Å²) in [4.78, 5) is 30.6. The van der Waals surface area contributed by atoms with Crippen molar-refractivity contribution >= 4 is 11.8 Å². The first-order valence-electron chi connectivity index (χ1n) is 14.1. The van der Waals surface area contributed by atoms with Crippen molar-refractivity contribution in [2.45, 2.75) is 71.8 Å². The minimum atomic E-state index is -0.399. The van der Waals surface area contributed by atoms with E-state index in [1.165, 1.54) is 6.07 Å². The van der Waals surface area contributed by atoms with Gasteiger partial charge in [0, 0.05) is 26.1 Å². The topological polar surface area (TPSA) is 59.1 Å². The monoisotopic (exact) mass is 526 g/mol. The zero-order valence-electron chi connectivity index (χ0n) is 23.2. The number of ether oxygens (including phenoxy) is 2. The Bertz CT molecular complexity index is 1030. The van der Waals surface area contributed by atoms with E-state index in [1.54, 1.807) is 18.2 Å². The van der Waals surface area contributed by atoms with Crippen LogP contribution in [0.2, 0.25) is 0 Å². The van der Waals surface area contributed by atoms with Gasteiger partial charge >= 0.3 is 0 Å². The van der Waals surface area contributed by atoms with Crippen molar-refractivity contribution in [3.8, 4) is 11.5 Å². The van der Waals surface area contributed by atoms with E-state index in [1.807, 2.05) is 41.0 Å². The third kappa shape index (κ3) is 8.74. The molecule has 6 nitrogen and oxygen atoms in total. The summed E-state index contributed by atoms with van der Waals surface area (Å²) >= 11 is 0. The molecular weight excluding hydrogens is 483 g/mol. The molecule has 0 spiro atoms. The van der Waals surface area contributed by atoms with Crippen LogP contribution in [-0.2, 0) is 4.79 Å². The van der Waals surface area contributed by atoms with Gasteiger partial charge < -0.3 is 19.3 Å². The van der Waals surface area contributed by atoms with Gasteiger partial charge in [-0.15, -0.1) is 0 Å². The standard InChI is InChI=1S/C31H43FN2O4/c1-4-33-19-11-5-6-12-20-34(30(35)18-13-21-37-29-17-10-8-15-27(29)32)25(22-24(2)3)23-38-28-16-9-7-14-26(28)31(33)36/h7-10,14-17,24-25H,4-6,11-13,18-23H2,1-3H3/t25-/m0/s1. The van der Waals surface area contributed by atoms with Gasteiger partial charge in [0.15, 0.2) is 11.6 Å². The molecule has 3 rings (SSSR count). The van der Waals surface area contributed by atoms with E-state index in [4.69, 9.17) is 9.47 Å². The molecule has 2 amide bonds. The average molecular weight is 527 g/mol. The Morgan fingerprint density at radius 3 is 2.50 bits per heavy atom. The highest BCUT2D eigenvalue weighted by atomic mass is 19.1. The lowest BCUT2D eigenvalue weighted by atomic mass is 10.0. The average Bonchev–Trinajstić information content (AvgIpc) is 2.91. The molecule has 0 saturated carbocycles. The molecule has 1 aliphatic rings. The lowest BCUT2D eigenvalue weighted by Crippen LogP contribution is -2.45. The minimum absolute atomic E-state index is 0.0108. The maximum Gasteiger partial charge on any atom is 0.257 e. The summed E-state index contributed by atoms with van der Waals surface area (Å²) in [5.74, 6) is 0.790. The summed E-state index contributed by atoms with van der Waals surface area (Å²) in [7, 11) is 0. The molecule has 38 heavy (non-hydrogen) atoms. The summed E-state index contributed by atoms with van der Waals surface area (Å²) in [5.41, 5.74) is 0.567. The van der Waals surface area contributed by atoms with Gasteiger partial charge in [0.25, 0.3) is 5.91 Å². The second-order valence-electron chi connectivity index (χ2n) is 10.4. The van der Waals surface area contributed by atoms with Gasteiger partial charge in [-0.05, 0) is 62.8 Å². The Labute approximate surface area is 227 Å². The lowest BCUT2D eigenvalue weighted by molar-refractivity contribution is -0.135. The highest BCUT2D eigenvalue weighted by molar-refractivity contribution is 5.96. The van der Waals surface area contributed by atoms with Gasteiger partial charge in [0.2, 0.25) is 5.91 Å². The minimum Gasteiger partial charge on any atom is -0.491 e. The van der Waals surface area contributed by atoms with Crippen LogP contribution >= 0.6 is 0 Å². The van der Waals surface area contributed by atoms with Gasteiger partial charge in [0.1, 0.15) is 12.4 Å². The second kappa shape index (κ2) is 15.4. The van der Waals surface area contributed by atoms with Crippen LogP contribution in [0.5, 0.6) is 11.5 Å². The maximum atomic E-state index is 13.8. The van der Waals surface area contributed by atoms with Crippen LogP contribution in [0.15, 0.2) is 48.5 Å². The third-order valence-corrected chi connectivity index (χ3v) is 6.93. The molecule has 2 aromatic rings. The summed E-state index contributed by atoms with van der Waals surface area (Å²) in [6.07, 6.45) is 5.47. The summed E-state index contributed by atoms with van der Waals surface area (Å²) in [6.45, 7) is 8.94. The quantitative estimate of drug-likeness (QED) is 0.377. The molecule has 208 valence electrons. The number of benzene rings is 2. The van der Waals surface area contributed by atoms with Crippen molar-refractivity contribution in [3.63, 3.8) is 0 Å². The van der Waals surface area contributed by atoms with Gasteiger partial charge in [-0.25, -0.2) is 4.39 Å².